The Morgan fingerprint density at radius 1 is 1.14 bits per heavy atom. The second kappa shape index (κ2) is 3.09. The number of carbonyl (C=O) groups excluding carboxylic acids is 1. The van der Waals surface area contributed by atoms with Crippen LogP contribution in [0.3, 0.4) is 0 Å². The first-order chi connectivity index (χ1) is 6.17. The lowest BCUT2D eigenvalue weighted by Gasteiger charge is -2.22. The van der Waals surface area contributed by atoms with Crippen LogP contribution < -0.4 is 0 Å². The summed E-state index contributed by atoms with van der Waals surface area (Å²) < 4.78 is 5.72. The second-order valence-electron chi connectivity index (χ2n) is 4.96. The van der Waals surface area contributed by atoms with Crippen molar-refractivity contribution in [2.45, 2.75) is 38.9 Å². The molecular weight excluding hydrogens is 178 g/mol. The summed E-state index contributed by atoms with van der Waals surface area (Å²) in [4.78, 5) is 13.8. The number of rotatable bonds is 1. The Kier molecular flexibility index (Phi) is 2.48. The van der Waals surface area contributed by atoms with E-state index in [1.807, 2.05) is 52.9 Å². The standard InChI is InChI=1S/C11H19NO2/c1-10(2)8(7-12(5)6)9(13)11(3,4)14-10/h7H,1-6H3/b8-7-. The maximum atomic E-state index is 12.0. The highest BCUT2D eigenvalue weighted by Crippen LogP contribution is 2.38. The zero-order valence-corrected chi connectivity index (χ0v) is 9.84. The summed E-state index contributed by atoms with van der Waals surface area (Å²) in [7, 11) is 3.81. The number of ketones is 1. The molecule has 80 valence electrons. The summed E-state index contributed by atoms with van der Waals surface area (Å²) in [6.45, 7) is 7.48. The van der Waals surface area contributed by atoms with Crippen LogP contribution in [0, 0.1) is 0 Å². The first kappa shape index (κ1) is 11.2. The fourth-order valence-electron chi connectivity index (χ4n) is 1.81. The predicted octanol–water partition coefficient (Wildman–Crippen LogP) is 1.59. The Labute approximate surface area is 85.7 Å². The van der Waals surface area contributed by atoms with Crippen LogP contribution in [-0.2, 0) is 9.53 Å². The third-order valence-corrected chi connectivity index (χ3v) is 2.34. The third kappa shape index (κ3) is 1.82. The van der Waals surface area contributed by atoms with Crippen molar-refractivity contribution in [2.75, 3.05) is 14.1 Å². The highest BCUT2D eigenvalue weighted by molar-refractivity contribution is 6.04. The SMILES string of the molecule is CN(C)/C=C1/C(=O)C(C)(C)OC1(C)C. The van der Waals surface area contributed by atoms with Crippen LogP contribution in [0.15, 0.2) is 11.8 Å². The van der Waals surface area contributed by atoms with Gasteiger partial charge in [-0.1, -0.05) is 0 Å². The molecular formula is C11H19NO2. The molecule has 0 spiro atoms. The quantitative estimate of drug-likeness (QED) is 0.598. The molecule has 0 amide bonds. The van der Waals surface area contributed by atoms with Crippen LogP contribution >= 0.6 is 0 Å². The van der Waals surface area contributed by atoms with Gasteiger partial charge in [-0.15, -0.1) is 0 Å². The molecule has 0 atom stereocenters. The van der Waals surface area contributed by atoms with Gasteiger partial charge in [0.25, 0.3) is 0 Å². The third-order valence-electron chi connectivity index (χ3n) is 2.34. The molecule has 0 aliphatic carbocycles. The number of hydrogen-bond donors (Lipinski definition) is 0. The van der Waals surface area contributed by atoms with E-state index in [1.54, 1.807) is 0 Å². The van der Waals surface area contributed by atoms with E-state index in [-0.39, 0.29) is 5.78 Å². The minimum Gasteiger partial charge on any atom is -0.383 e. The average Bonchev–Trinajstić information content (AvgIpc) is 2.08. The Hall–Kier alpha value is -0.830. The van der Waals surface area contributed by atoms with Crippen molar-refractivity contribution in [3.8, 4) is 0 Å². The van der Waals surface area contributed by atoms with Crippen molar-refractivity contribution in [3.05, 3.63) is 11.8 Å². The van der Waals surface area contributed by atoms with E-state index < -0.39 is 11.2 Å². The molecule has 14 heavy (non-hydrogen) atoms. The van der Waals surface area contributed by atoms with Gasteiger partial charge in [0.1, 0.15) is 5.60 Å². The Balaban J connectivity index is 3.12. The molecule has 3 heteroatoms. The summed E-state index contributed by atoms with van der Waals surface area (Å²) in [6.07, 6.45) is 1.84. The number of ether oxygens (including phenoxy) is 1. The van der Waals surface area contributed by atoms with E-state index in [0.717, 1.165) is 5.57 Å². The second-order valence-corrected chi connectivity index (χ2v) is 4.96. The Morgan fingerprint density at radius 2 is 1.64 bits per heavy atom. The fraction of sp³-hybridized carbons (Fsp3) is 0.727. The lowest BCUT2D eigenvalue weighted by atomic mass is 9.93. The molecule has 0 aromatic carbocycles. The number of hydrogen-bond acceptors (Lipinski definition) is 3. The average molecular weight is 197 g/mol. The van der Waals surface area contributed by atoms with Gasteiger partial charge in [-0.25, -0.2) is 0 Å². The smallest absolute Gasteiger partial charge is 0.194 e. The van der Waals surface area contributed by atoms with Crippen LogP contribution in [0.25, 0.3) is 0 Å². The fourth-order valence-corrected chi connectivity index (χ4v) is 1.81. The molecule has 1 aliphatic rings. The van der Waals surface area contributed by atoms with Crippen molar-refractivity contribution >= 4 is 5.78 Å². The monoisotopic (exact) mass is 197 g/mol. The van der Waals surface area contributed by atoms with E-state index in [4.69, 9.17) is 4.74 Å². The van der Waals surface area contributed by atoms with Gasteiger partial charge in [-0.2, -0.15) is 0 Å². The van der Waals surface area contributed by atoms with Crippen molar-refractivity contribution in [1.82, 2.24) is 4.90 Å². The van der Waals surface area contributed by atoms with Crippen LogP contribution in [0.2, 0.25) is 0 Å². The lowest BCUT2D eigenvalue weighted by Crippen LogP contribution is -2.29. The van der Waals surface area contributed by atoms with Gasteiger partial charge >= 0.3 is 0 Å². The lowest BCUT2D eigenvalue weighted by molar-refractivity contribution is -0.132. The van der Waals surface area contributed by atoms with Gasteiger partial charge in [0.05, 0.1) is 5.60 Å². The van der Waals surface area contributed by atoms with Crippen molar-refractivity contribution < 1.29 is 9.53 Å². The summed E-state index contributed by atoms with van der Waals surface area (Å²) in [5.41, 5.74) is -0.427. The molecule has 0 aromatic heterocycles. The van der Waals surface area contributed by atoms with Gasteiger partial charge in [-0.05, 0) is 27.7 Å². The molecule has 0 saturated carbocycles. The Bertz CT molecular complexity index is 288. The van der Waals surface area contributed by atoms with Crippen LogP contribution in [0.5, 0.6) is 0 Å². The zero-order valence-electron chi connectivity index (χ0n) is 9.84. The van der Waals surface area contributed by atoms with E-state index in [9.17, 15) is 4.79 Å². The largest absolute Gasteiger partial charge is 0.383 e. The van der Waals surface area contributed by atoms with Crippen LogP contribution in [0.4, 0.5) is 0 Å². The van der Waals surface area contributed by atoms with Crippen molar-refractivity contribution in [3.63, 3.8) is 0 Å². The Morgan fingerprint density at radius 3 is 1.93 bits per heavy atom. The topological polar surface area (TPSA) is 29.5 Å². The molecule has 1 aliphatic heterocycles. The normalized spacial score (nSPS) is 27.0. The molecule has 1 saturated heterocycles. The molecule has 1 rings (SSSR count). The maximum absolute atomic E-state index is 12.0. The van der Waals surface area contributed by atoms with E-state index in [0.29, 0.717) is 0 Å². The number of carbonyl (C=O) groups is 1. The molecule has 1 heterocycles. The zero-order chi connectivity index (χ0) is 11.1. The predicted molar refractivity (Wildman–Crippen MR) is 56.0 cm³/mol. The minimum atomic E-state index is -0.689. The summed E-state index contributed by atoms with van der Waals surface area (Å²) >= 11 is 0. The number of nitrogens with zero attached hydrogens (tertiary/aromatic N) is 1. The first-order valence-corrected chi connectivity index (χ1v) is 4.80. The van der Waals surface area contributed by atoms with E-state index >= 15 is 0 Å². The minimum absolute atomic E-state index is 0.0798. The van der Waals surface area contributed by atoms with Gasteiger partial charge in [-0.3, -0.25) is 4.79 Å². The number of Topliss-reactive ketones (excluding diaryl/α,β-unsaturated/α-hetero) is 1. The van der Waals surface area contributed by atoms with Gasteiger partial charge < -0.3 is 9.64 Å². The van der Waals surface area contributed by atoms with Gasteiger partial charge in [0.2, 0.25) is 0 Å². The van der Waals surface area contributed by atoms with Gasteiger partial charge in [0, 0.05) is 25.9 Å². The molecule has 0 unspecified atom stereocenters. The molecule has 0 radical (unpaired) electrons. The first-order valence-electron chi connectivity index (χ1n) is 4.80. The van der Waals surface area contributed by atoms with E-state index in [2.05, 4.69) is 0 Å². The highest BCUT2D eigenvalue weighted by atomic mass is 16.5. The van der Waals surface area contributed by atoms with Crippen molar-refractivity contribution in [2.24, 2.45) is 0 Å². The molecule has 0 bridgehead atoms. The van der Waals surface area contributed by atoms with E-state index in [1.165, 1.54) is 0 Å². The highest BCUT2D eigenvalue weighted by Gasteiger charge is 2.49. The summed E-state index contributed by atoms with van der Waals surface area (Å²) in [6, 6.07) is 0. The molecule has 3 nitrogen and oxygen atoms in total. The summed E-state index contributed by atoms with van der Waals surface area (Å²) in [5, 5.41) is 0. The maximum Gasteiger partial charge on any atom is 0.194 e. The molecule has 1 fully saturated rings. The molecule has 0 aromatic rings. The van der Waals surface area contributed by atoms with Gasteiger partial charge in [0.15, 0.2) is 5.78 Å². The van der Waals surface area contributed by atoms with Crippen molar-refractivity contribution in [1.29, 1.82) is 0 Å². The van der Waals surface area contributed by atoms with Crippen LogP contribution in [-0.4, -0.2) is 36.0 Å². The summed E-state index contributed by atoms with van der Waals surface area (Å²) in [5.74, 6) is 0.0798. The molecule has 0 N–H and O–H groups in total. The van der Waals surface area contributed by atoms with Crippen LogP contribution in [0.1, 0.15) is 27.7 Å².